The molecule has 2 N–H and O–H groups in total. The van der Waals surface area contributed by atoms with E-state index in [1.807, 2.05) is 24.4 Å². The average Bonchev–Trinajstić information content (AvgIpc) is 2.84. The molecule has 4 nitrogen and oxygen atoms in total. The monoisotopic (exact) mass is 280 g/mol. The summed E-state index contributed by atoms with van der Waals surface area (Å²) in [5.41, 5.74) is 9.99. The molecule has 1 aromatic carbocycles. The number of imidazole rings is 1. The lowest BCUT2D eigenvalue weighted by molar-refractivity contribution is 0.633. The van der Waals surface area contributed by atoms with Crippen LogP contribution in [-0.4, -0.2) is 14.5 Å². The highest BCUT2D eigenvalue weighted by molar-refractivity contribution is 5.79. The quantitative estimate of drug-likeness (QED) is 0.745. The van der Waals surface area contributed by atoms with Gasteiger partial charge in [-0.15, -0.1) is 0 Å². The highest BCUT2D eigenvalue weighted by Gasteiger charge is 2.13. The summed E-state index contributed by atoms with van der Waals surface area (Å²) >= 11 is 0. The van der Waals surface area contributed by atoms with Crippen molar-refractivity contribution in [3.63, 3.8) is 0 Å². The molecule has 2 heterocycles. The molecule has 4 heteroatoms. The van der Waals surface area contributed by atoms with Crippen molar-refractivity contribution in [2.24, 2.45) is 0 Å². The molecule has 0 atom stereocenters. The fraction of sp³-hybridized carbons (Fsp3) is 0.294. The summed E-state index contributed by atoms with van der Waals surface area (Å²) in [5, 5.41) is 0. The molecule has 0 saturated heterocycles. The highest BCUT2D eigenvalue weighted by atomic mass is 15.1. The molecule has 21 heavy (non-hydrogen) atoms. The Morgan fingerprint density at radius 1 is 1.24 bits per heavy atom. The van der Waals surface area contributed by atoms with E-state index >= 15 is 0 Å². The van der Waals surface area contributed by atoms with E-state index in [2.05, 4.69) is 35.5 Å². The number of hydrogen-bond acceptors (Lipinski definition) is 3. The first kappa shape index (κ1) is 13.6. The van der Waals surface area contributed by atoms with E-state index in [9.17, 15) is 0 Å². The lowest BCUT2D eigenvalue weighted by atomic mass is 10.2. The predicted molar refractivity (Wildman–Crippen MR) is 86.2 cm³/mol. The Kier molecular flexibility index (Phi) is 3.60. The molecule has 0 aliphatic rings. The topological polar surface area (TPSA) is 56.7 Å². The lowest BCUT2D eigenvalue weighted by Gasteiger charge is -2.11. The summed E-state index contributed by atoms with van der Waals surface area (Å²) in [6.07, 6.45) is 4.67. The van der Waals surface area contributed by atoms with Gasteiger partial charge in [0, 0.05) is 30.5 Å². The Morgan fingerprint density at radius 3 is 2.81 bits per heavy atom. The van der Waals surface area contributed by atoms with Crippen molar-refractivity contribution in [3.05, 3.63) is 54.1 Å². The van der Waals surface area contributed by atoms with Crippen molar-refractivity contribution in [1.29, 1.82) is 0 Å². The Morgan fingerprint density at radius 2 is 2.10 bits per heavy atom. The van der Waals surface area contributed by atoms with Crippen molar-refractivity contribution in [2.45, 2.75) is 32.7 Å². The van der Waals surface area contributed by atoms with E-state index in [-0.39, 0.29) is 0 Å². The summed E-state index contributed by atoms with van der Waals surface area (Å²) in [5.74, 6) is 1.49. The fourth-order valence-electron chi connectivity index (χ4n) is 2.63. The molecule has 0 aliphatic carbocycles. The van der Waals surface area contributed by atoms with Gasteiger partial charge in [-0.05, 0) is 36.2 Å². The molecule has 0 amide bonds. The van der Waals surface area contributed by atoms with Crippen LogP contribution in [0.15, 0.2) is 42.7 Å². The lowest BCUT2D eigenvalue weighted by Crippen LogP contribution is -2.07. The summed E-state index contributed by atoms with van der Waals surface area (Å²) < 4.78 is 2.30. The van der Waals surface area contributed by atoms with Crippen molar-refractivity contribution in [3.8, 4) is 0 Å². The molecular weight excluding hydrogens is 260 g/mol. The third-order valence-corrected chi connectivity index (χ3v) is 3.67. The number of benzene rings is 1. The van der Waals surface area contributed by atoms with E-state index in [0.717, 1.165) is 35.5 Å². The van der Waals surface area contributed by atoms with Crippen LogP contribution in [-0.2, 0) is 13.0 Å². The van der Waals surface area contributed by atoms with Crippen molar-refractivity contribution >= 4 is 16.7 Å². The van der Waals surface area contributed by atoms with Crippen LogP contribution in [0.2, 0.25) is 0 Å². The SMILES string of the molecule is CC(C)c1nc2cc(N)ccc2n1CCc1cccnc1. The Hall–Kier alpha value is -2.36. The van der Waals surface area contributed by atoms with Gasteiger partial charge >= 0.3 is 0 Å². The molecule has 108 valence electrons. The van der Waals surface area contributed by atoms with Crippen LogP contribution < -0.4 is 5.73 Å². The minimum Gasteiger partial charge on any atom is -0.399 e. The zero-order chi connectivity index (χ0) is 14.8. The summed E-state index contributed by atoms with van der Waals surface area (Å²) in [4.78, 5) is 8.93. The van der Waals surface area contributed by atoms with Gasteiger partial charge in [-0.3, -0.25) is 4.98 Å². The van der Waals surface area contributed by atoms with Gasteiger partial charge in [-0.1, -0.05) is 19.9 Å². The van der Waals surface area contributed by atoms with Gasteiger partial charge in [-0.2, -0.15) is 0 Å². The maximum Gasteiger partial charge on any atom is 0.112 e. The number of rotatable bonds is 4. The van der Waals surface area contributed by atoms with Gasteiger partial charge in [0.25, 0.3) is 0 Å². The van der Waals surface area contributed by atoms with Crippen LogP contribution in [0.25, 0.3) is 11.0 Å². The van der Waals surface area contributed by atoms with Gasteiger partial charge in [0.05, 0.1) is 11.0 Å². The van der Waals surface area contributed by atoms with Gasteiger partial charge in [-0.25, -0.2) is 4.98 Å². The van der Waals surface area contributed by atoms with Gasteiger partial charge < -0.3 is 10.3 Å². The van der Waals surface area contributed by atoms with Gasteiger partial charge in [0.2, 0.25) is 0 Å². The van der Waals surface area contributed by atoms with Crippen molar-refractivity contribution in [2.75, 3.05) is 5.73 Å². The van der Waals surface area contributed by atoms with Crippen molar-refractivity contribution in [1.82, 2.24) is 14.5 Å². The fourth-order valence-corrected chi connectivity index (χ4v) is 2.63. The normalized spacial score (nSPS) is 11.4. The highest BCUT2D eigenvalue weighted by Crippen LogP contribution is 2.24. The minimum atomic E-state index is 0.382. The standard InChI is InChI=1S/C17H20N4/c1-12(2)17-20-15-10-14(18)5-6-16(15)21(17)9-7-13-4-3-8-19-11-13/h3-6,8,10-12H,7,9,18H2,1-2H3. The molecule has 0 aliphatic heterocycles. The first-order valence-corrected chi connectivity index (χ1v) is 7.29. The Balaban J connectivity index is 1.97. The molecule has 0 spiro atoms. The Bertz CT molecular complexity index is 744. The zero-order valence-corrected chi connectivity index (χ0v) is 12.5. The largest absolute Gasteiger partial charge is 0.399 e. The molecule has 2 aromatic heterocycles. The molecule has 0 saturated carbocycles. The van der Waals surface area contributed by atoms with E-state index in [1.165, 1.54) is 5.56 Å². The molecular formula is C17H20N4. The second-order valence-corrected chi connectivity index (χ2v) is 5.64. The van der Waals surface area contributed by atoms with Gasteiger partial charge in [0.15, 0.2) is 0 Å². The third kappa shape index (κ3) is 2.75. The van der Waals surface area contributed by atoms with E-state index in [4.69, 9.17) is 10.7 Å². The zero-order valence-electron chi connectivity index (χ0n) is 12.5. The number of hydrogen-bond donors (Lipinski definition) is 1. The van der Waals surface area contributed by atoms with Crippen LogP contribution in [0.5, 0.6) is 0 Å². The first-order chi connectivity index (χ1) is 10.1. The number of fused-ring (bicyclic) bond motifs is 1. The molecule has 0 fully saturated rings. The van der Waals surface area contributed by atoms with Crippen LogP contribution in [0.1, 0.15) is 31.2 Å². The molecule has 3 rings (SSSR count). The molecule has 0 radical (unpaired) electrons. The number of aromatic nitrogens is 3. The molecule has 3 aromatic rings. The molecule has 0 unspecified atom stereocenters. The Labute approximate surface area is 124 Å². The summed E-state index contributed by atoms with van der Waals surface area (Å²) in [6.45, 7) is 5.25. The number of nitrogens with two attached hydrogens (primary N) is 1. The van der Waals surface area contributed by atoms with Crippen LogP contribution in [0.4, 0.5) is 5.69 Å². The average molecular weight is 280 g/mol. The van der Waals surface area contributed by atoms with Crippen LogP contribution in [0.3, 0.4) is 0 Å². The smallest absolute Gasteiger partial charge is 0.112 e. The maximum atomic E-state index is 5.87. The summed E-state index contributed by atoms with van der Waals surface area (Å²) in [6, 6.07) is 10.0. The van der Waals surface area contributed by atoms with E-state index in [0.29, 0.717) is 5.92 Å². The van der Waals surface area contributed by atoms with E-state index in [1.54, 1.807) is 6.20 Å². The second-order valence-electron chi connectivity index (χ2n) is 5.64. The number of anilines is 1. The van der Waals surface area contributed by atoms with E-state index < -0.39 is 0 Å². The number of aryl methyl sites for hydroxylation is 2. The number of nitrogens with zero attached hydrogens (tertiary/aromatic N) is 3. The maximum absolute atomic E-state index is 5.87. The first-order valence-electron chi connectivity index (χ1n) is 7.29. The van der Waals surface area contributed by atoms with Crippen LogP contribution in [0, 0.1) is 0 Å². The summed E-state index contributed by atoms with van der Waals surface area (Å²) in [7, 11) is 0. The van der Waals surface area contributed by atoms with Gasteiger partial charge in [0.1, 0.15) is 5.82 Å². The van der Waals surface area contributed by atoms with Crippen molar-refractivity contribution < 1.29 is 0 Å². The number of nitrogen functional groups attached to an aromatic ring is 1. The van der Waals surface area contributed by atoms with Crippen LogP contribution >= 0.6 is 0 Å². The predicted octanol–water partition coefficient (Wildman–Crippen LogP) is 3.38. The molecule has 0 bridgehead atoms. The minimum absolute atomic E-state index is 0.382. The number of pyridine rings is 1. The third-order valence-electron chi connectivity index (χ3n) is 3.67. The second kappa shape index (κ2) is 5.56.